The quantitative estimate of drug-likeness (QED) is 0.281. The number of aromatic nitrogens is 3. The molecule has 0 aliphatic carbocycles. The van der Waals surface area contributed by atoms with Gasteiger partial charge < -0.3 is 0 Å². The molecule has 7 rings (SSSR count). The predicted octanol–water partition coefficient (Wildman–Crippen LogP) is 7.58. The van der Waals surface area contributed by atoms with Gasteiger partial charge in [0.2, 0.25) is 0 Å². The Bertz CT molecular complexity index is 1600. The summed E-state index contributed by atoms with van der Waals surface area (Å²) in [5, 5.41) is 4.98. The molecule has 156 valence electrons. The first-order valence-corrected chi connectivity index (χ1v) is 11.3. The van der Waals surface area contributed by atoms with Crippen molar-refractivity contribution in [1.29, 1.82) is 0 Å². The normalized spacial score (nSPS) is 11.8. The minimum Gasteiger partial charge on any atom is -0.294 e. The number of pyridine rings is 1. The van der Waals surface area contributed by atoms with Crippen molar-refractivity contribution < 1.29 is 0 Å². The molecule has 3 heteroatoms. The number of benzene rings is 4. The highest BCUT2D eigenvalue weighted by atomic mass is 15.1. The van der Waals surface area contributed by atoms with Crippen LogP contribution in [0.4, 0.5) is 0 Å². The Morgan fingerprint density at radius 2 is 0.758 bits per heavy atom. The Morgan fingerprint density at radius 1 is 0.455 bits per heavy atom. The lowest BCUT2D eigenvalue weighted by Crippen LogP contribution is -2.04. The van der Waals surface area contributed by atoms with Crippen LogP contribution in [-0.4, -0.2) is 14.1 Å². The van der Waals surface area contributed by atoms with Crippen molar-refractivity contribution in [1.82, 2.24) is 14.1 Å². The summed E-state index contributed by atoms with van der Waals surface area (Å²) in [6.07, 6.45) is 0. The zero-order valence-corrected chi connectivity index (χ0v) is 18.2. The van der Waals surface area contributed by atoms with Crippen LogP contribution in [0.3, 0.4) is 0 Å². The lowest BCUT2D eigenvalue weighted by Gasteiger charge is -2.13. The maximum atomic E-state index is 5.24. The van der Waals surface area contributed by atoms with Gasteiger partial charge in [-0.25, -0.2) is 4.98 Å². The Labute approximate surface area is 191 Å². The van der Waals surface area contributed by atoms with Gasteiger partial charge >= 0.3 is 0 Å². The van der Waals surface area contributed by atoms with Crippen LogP contribution in [0.2, 0.25) is 0 Å². The van der Waals surface area contributed by atoms with Crippen LogP contribution in [0, 0.1) is 6.92 Å². The second kappa shape index (κ2) is 6.81. The Morgan fingerprint density at radius 3 is 1.09 bits per heavy atom. The van der Waals surface area contributed by atoms with Gasteiger partial charge in [-0.2, -0.15) is 0 Å². The summed E-state index contributed by atoms with van der Waals surface area (Å²) in [7, 11) is 0. The smallest absolute Gasteiger partial charge is 0.140 e. The molecule has 0 spiro atoms. The molecule has 0 unspecified atom stereocenters. The number of hydrogen-bond donors (Lipinski definition) is 0. The number of fused-ring (bicyclic) bond motifs is 6. The number of rotatable bonds is 2. The first kappa shape index (κ1) is 18.2. The largest absolute Gasteiger partial charge is 0.294 e. The monoisotopic (exact) mass is 423 g/mol. The molecule has 0 amide bonds. The molecule has 4 aromatic carbocycles. The Kier molecular flexibility index (Phi) is 3.76. The van der Waals surface area contributed by atoms with Crippen LogP contribution in [-0.2, 0) is 0 Å². The van der Waals surface area contributed by atoms with Gasteiger partial charge in [0.1, 0.15) is 11.6 Å². The van der Waals surface area contributed by atoms with E-state index >= 15 is 0 Å². The molecule has 3 heterocycles. The lowest BCUT2D eigenvalue weighted by molar-refractivity contribution is 1.01. The zero-order valence-electron chi connectivity index (χ0n) is 18.2. The average Bonchev–Trinajstić information content (AvgIpc) is 3.37. The van der Waals surface area contributed by atoms with E-state index in [1.54, 1.807) is 0 Å². The van der Waals surface area contributed by atoms with Crippen LogP contribution < -0.4 is 0 Å². The van der Waals surface area contributed by atoms with E-state index in [0.29, 0.717) is 0 Å². The third-order valence-corrected chi connectivity index (χ3v) is 6.56. The van der Waals surface area contributed by atoms with E-state index in [4.69, 9.17) is 4.98 Å². The molecule has 0 aliphatic heterocycles. The number of hydrogen-bond acceptors (Lipinski definition) is 1. The zero-order chi connectivity index (χ0) is 21.9. The molecule has 0 bridgehead atoms. The van der Waals surface area contributed by atoms with E-state index in [0.717, 1.165) is 11.6 Å². The second-order valence-corrected chi connectivity index (χ2v) is 8.60. The predicted molar refractivity (Wildman–Crippen MR) is 138 cm³/mol. The summed E-state index contributed by atoms with van der Waals surface area (Å²) < 4.78 is 4.57. The summed E-state index contributed by atoms with van der Waals surface area (Å²) in [6, 6.07) is 38.7. The highest BCUT2D eigenvalue weighted by molar-refractivity contribution is 6.10. The third-order valence-electron chi connectivity index (χ3n) is 6.56. The second-order valence-electron chi connectivity index (χ2n) is 8.60. The summed E-state index contributed by atoms with van der Waals surface area (Å²) in [5.41, 5.74) is 5.86. The molecule has 3 aromatic heterocycles. The van der Waals surface area contributed by atoms with Crippen LogP contribution in [0.5, 0.6) is 0 Å². The van der Waals surface area contributed by atoms with Gasteiger partial charge in [-0.05, 0) is 48.9 Å². The molecule has 0 saturated carbocycles. The van der Waals surface area contributed by atoms with Crippen molar-refractivity contribution in [3.8, 4) is 11.6 Å². The first-order chi connectivity index (χ1) is 16.3. The van der Waals surface area contributed by atoms with Crippen molar-refractivity contribution in [3.63, 3.8) is 0 Å². The van der Waals surface area contributed by atoms with Crippen LogP contribution >= 0.6 is 0 Å². The molecule has 0 saturated heterocycles. The molecule has 0 N–H and O–H groups in total. The van der Waals surface area contributed by atoms with Crippen molar-refractivity contribution >= 4 is 43.6 Å². The maximum Gasteiger partial charge on any atom is 0.140 e. The van der Waals surface area contributed by atoms with E-state index in [2.05, 4.69) is 125 Å². The average molecular weight is 424 g/mol. The number of nitrogens with zero attached hydrogens (tertiary/aromatic N) is 3. The van der Waals surface area contributed by atoms with Crippen molar-refractivity contribution in [2.45, 2.75) is 6.92 Å². The van der Waals surface area contributed by atoms with Crippen molar-refractivity contribution in [2.24, 2.45) is 0 Å². The first-order valence-electron chi connectivity index (χ1n) is 11.3. The van der Waals surface area contributed by atoms with Gasteiger partial charge in [0.25, 0.3) is 0 Å². The highest BCUT2D eigenvalue weighted by Crippen LogP contribution is 2.34. The highest BCUT2D eigenvalue weighted by Gasteiger charge is 2.16. The molecule has 0 radical (unpaired) electrons. The lowest BCUT2D eigenvalue weighted by atomic mass is 10.2. The van der Waals surface area contributed by atoms with Crippen molar-refractivity contribution in [2.75, 3.05) is 0 Å². The van der Waals surface area contributed by atoms with E-state index in [-0.39, 0.29) is 0 Å². The van der Waals surface area contributed by atoms with E-state index in [1.165, 1.54) is 49.2 Å². The van der Waals surface area contributed by atoms with Crippen LogP contribution in [0.15, 0.2) is 109 Å². The minimum atomic E-state index is 0.935. The molecular formula is C30H21N3. The fourth-order valence-corrected chi connectivity index (χ4v) is 5.20. The number of para-hydroxylation sites is 4. The fourth-order valence-electron chi connectivity index (χ4n) is 5.20. The van der Waals surface area contributed by atoms with Gasteiger partial charge in [-0.3, -0.25) is 9.13 Å². The molecule has 0 fully saturated rings. The molecule has 0 aliphatic rings. The summed E-state index contributed by atoms with van der Waals surface area (Å²) in [6.45, 7) is 2.15. The minimum absolute atomic E-state index is 0.935. The van der Waals surface area contributed by atoms with Crippen LogP contribution in [0.25, 0.3) is 55.2 Å². The fraction of sp³-hybridized carbons (Fsp3) is 0.0333. The SMILES string of the molecule is Cc1cc(-n2c3ccccc3c3ccccc32)nc(-n2c3ccccc3c3ccccc32)c1. The number of aryl methyl sites for hydroxylation is 1. The Balaban J connectivity index is 1.58. The van der Waals surface area contributed by atoms with Crippen molar-refractivity contribution in [3.05, 3.63) is 115 Å². The summed E-state index contributed by atoms with van der Waals surface area (Å²) >= 11 is 0. The van der Waals surface area contributed by atoms with Gasteiger partial charge in [0, 0.05) is 21.5 Å². The third kappa shape index (κ3) is 2.60. The van der Waals surface area contributed by atoms with E-state index in [1.807, 2.05) is 0 Å². The molecule has 7 aromatic rings. The van der Waals surface area contributed by atoms with Gasteiger partial charge in [0.15, 0.2) is 0 Å². The Hall–Kier alpha value is -4.37. The molecular weight excluding hydrogens is 402 g/mol. The molecule has 3 nitrogen and oxygen atoms in total. The van der Waals surface area contributed by atoms with Gasteiger partial charge in [0.05, 0.1) is 22.1 Å². The molecule has 33 heavy (non-hydrogen) atoms. The van der Waals surface area contributed by atoms with Crippen LogP contribution in [0.1, 0.15) is 5.56 Å². The van der Waals surface area contributed by atoms with Gasteiger partial charge in [-0.15, -0.1) is 0 Å². The summed E-state index contributed by atoms with van der Waals surface area (Å²) in [4.78, 5) is 5.24. The summed E-state index contributed by atoms with van der Waals surface area (Å²) in [5.74, 6) is 1.87. The standard InChI is InChI=1S/C30H21N3/c1-20-18-29(32-25-14-6-2-10-21(25)22-11-3-7-15-26(22)32)31-30(19-20)33-27-16-8-4-12-23(27)24-13-5-9-17-28(24)33/h2-19H,1H3. The van der Waals surface area contributed by atoms with E-state index in [9.17, 15) is 0 Å². The molecule has 0 atom stereocenters. The topological polar surface area (TPSA) is 22.8 Å². The van der Waals surface area contributed by atoms with Gasteiger partial charge in [-0.1, -0.05) is 72.8 Å². The van der Waals surface area contributed by atoms with E-state index < -0.39 is 0 Å². The maximum absolute atomic E-state index is 5.24.